The maximum absolute atomic E-state index is 4.56. The minimum atomic E-state index is 0.959. The van der Waals surface area contributed by atoms with Gasteiger partial charge in [0.2, 0.25) is 0 Å². The number of benzene rings is 1. The van der Waals surface area contributed by atoms with Crippen molar-refractivity contribution < 1.29 is 0 Å². The predicted octanol–water partition coefficient (Wildman–Crippen LogP) is 3.00. The van der Waals surface area contributed by atoms with Crippen LogP contribution < -0.4 is 0 Å². The Labute approximate surface area is 86.3 Å². The Morgan fingerprint density at radius 2 is 1.79 bits per heavy atom. The van der Waals surface area contributed by atoms with Gasteiger partial charge in [0.05, 0.1) is 5.69 Å². The molecule has 2 heteroatoms. The van der Waals surface area contributed by atoms with Gasteiger partial charge in [-0.25, -0.2) is 4.99 Å². The average Bonchev–Trinajstić information content (AvgIpc) is 2.16. The number of rotatable bonds is 2. The van der Waals surface area contributed by atoms with Crippen LogP contribution in [0.4, 0.5) is 5.69 Å². The van der Waals surface area contributed by atoms with E-state index in [0.29, 0.717) is 0 Å². The zero-order chi connectivity index (χ0) is 10.6. The summed E-state index contributed by atoms with van der Waals surface area (Å²) in [6, 6.07) is 8.27. The lowest BCUT2D eigenvalue weighted by atomic mass is 10.2. The van der Waals surface area contributed by atoms with E-state index in [9.17, 15) is 0 Å². The van der Waals surface area contributed by atoms with Crippen molar-refractivity contribution in [2.24, 2.45) is 4.99 Å². The Morgan fingerprint density at radius 1 is 1.21 bits per heavy atom. The van der Waals surface area contributed by atoms with Gasteiger partial charge in [-0.05, 0) is 19.1 Å². The number of amidine groups is 1. The van der Waals surface area contributed by atoms with E-state index < -0.39 is 0 Å². The number of hydrogen-bond acceptors (Lipinski definition) is 1. The Morgan fingerprint density at radius 3 is 2.21 bits per heavy atom. The Kier molecular flexibility index (Phi) is 3.69. The zero-order valence-corrected chi connectivity index (χ0v) is 9.41. The van der Waals surface area contributed by atoms with Crippen molar-refractivity contribution in [2.75, 3.05) is 14.1 Å². The number of hydrogen-bond donors (Lipinski definition) is 0. The second-order valence-electron chi connectivity index (χ2n) is 3.61. The Bertz CT molecular complexity index is 310. The summed E-state index contributed by atoms with van der Waals surface area (Å²) in [6.07, 6.45) is 0.959. The van der Waals surface area contributed by atoms with Gasteiger partial charge in [-0.15, -0.1) is 0 Å². The smallest absolute Gasteiger partial charge is 0.104 e. The Balaban J connectivity index is 2.89. The first kappa shape index (κ1) is 10.8. The lowest BCUT2D eigenvalue weighted by Crippen LogP contribution is -2.20. The summed E-state index contributed by atoms with van der Waals surface area (Å²) in [4.78, 5) is 6.62. The molecule has 0 bridgehead atoms. The van der Waals surface area contributed by atoms with Crippen LogP contribution in [0.25, 0.3) is 0 Å². The number of aryl methyl sites for hydroxylation is 1. The predicted molar refractivity (Wildman–Crippen MR) is 62.3 cm³/mol. The minimum absolute atomic E-state index is 0.959. The molecule has 0 N–H and O–H groups in total. The molecular weight excluding hydrogens is 172 g/mol. The van der Waals surface area contributed by atoms with Crippen molar-refractivity contribution in [1.29, 1.82) is 0 Å². The first-order valence-electron chi connectivity index (χ1n) is 4.95. The monoisotopic (exact) mass is 190 g/mol. The molecule has 0 aliphatic rings. The van der Waals surface area contributed by atoms with Crippen molar-refractivity contribution in [3.63, 3.8) is 0 Å². The topological polar surface area (TPSA) is 15.6 Å². The highest BCUT2D eigenvalue weighted by atomic mass is 15.1. The zero-order valence-electron chi connectivity index (χ0n) is 9.41. The van der Waals surface area contributed by atoms with Gasteiger partial charge in [-0.1, -0.05) is 24.6 Å². The molecule has 0 amide bonds. The second kappa shape index (κ2) is 4.80. The van der Waals surface area contributed by atoms with Crippen molar-refractivity contribution in [3.05, 3.63) is 29.8 Å². The van der Waals surface area contributed by atoms with Crippen molar-refractivity contribution in [2.45, 2.75) is 20.3 Å². The van der Waals surface area contributed by atoms with Crippen molar-refractivity contribution >= 4 is 11.5 Å². The molecule has 0 saturated carbocycles. The highest BCUT2D eigenvalue weighted by Crippen LogP contribution is 2.13. The van der Waals surface area contributed by atoms with Crippen LogP contribution in [0.1, 0.15) is 18.9 Å². The van der Waals surface area contributed by atoms with E-state index in [-0.39, 0.29) is 0 Å². The standard InChI is InChI=1S/C12H18N2/c1-5-12(14(3)4)13-11-8-6-10(2)7-9-11/h6-9H,5H2,1-4H3. The summed E-state index contributed by atoms with van der Waals surface area (Å²) in [5, 5.41) is 0. The van der Waals surface area contributed by atoms with Gasteiger partial charge in [0.15, 0.2) is 0 Å². The average molecular weight is 190 g/mol. The summed E-state index contributed by atoms with van der Waals surface area (Å²) in [5.41, 5.74) is 2.30. The molecule has 1 aromatic carbocycles. The van der Waals surface area contributed by atoms with Gasteiger partial charge in [-0.3, -0.25) is 0 Å². The lowest BCUT2D eigenvalue weighted by molar-refractivity contribution is 0.608. The molecule has 0 atom stereocenters. The lowest BCUT2D eigenvalue weighted by Gasteiger charge is -2.13. The third-order valence-electron chi connectivity index (χ3n) is 2.12. The summed E-state index contributed by atoms with van der Waals surface area (Å²) < 4.78 is 0. The summed E-state index contributed by atoms with van der Waals surface area (Å²) >= 11 is 0. The van der Waals surface area contributed by atoms with Gasteiger partial charge in [0, 0.05) is 20.5 Å². The van der Waals surface area contributed by atoms with Gasteiger partial charge >= 0.3 is 0 Å². The molecule has 76 valence electrons. The SMILES string of the molecule is CCC(=Nc1ccc(C)cc1)N(C)C. The highest BCUT2D eigenvalue weighted by Gasteiger charge is 1.98. The van der Waals surface area contributed by atoms with E-state index in [2.05, 4.69) is 48.0 Å². The number of aliphatic imine (C=N–C) groups is 1. The first-order chi connectivity index (χ1) is 6.63. The summed E-state index contributed by atoms with van der Waals surface area (Å²) in [5.74, 6) is 1.11. The van der Waals surface area contributed by atoms with E-state index in [1.165, 1.54) is 5.56 Å². The van der Waals surface area contributed by atoms with Crippen molar-refractivity contribution in [1.82, 2.24) is 4.90 Å². The van der Waals surface area contributed by atoms with Gasteiger partial charge in [0.1, 0.15) is 5.84 Å². The fraction of sp³-hybridized carbons (Fsp3) is 0.417. The second-order valence-corrected chi connectivity index (χ2v) is 3.61. The largest absolute Gasteiger partial charge is 0.366 e. The molecule has 1 rings (SSSR count). The molecule has 1 aromatic rings. The molecule has 0 aliphatic heterocycles. The molecule has 2 nitrogen and oxygen atoms in total. The molecule has 0 aromatic heterocycles. The molecule has 14 heavy (non-hydrogen) atoms. The van der Waals surface area contributed by atoms with Gasteiger partial charge < -0.3 is 4.90 Å². The van der Waals surface area contributed by atoms with Crippen LogP contribution in [0.15, 0.2) is 29.3 Å². The fourth-order valence-electron chi connectivity index (χ4n) is 1.26. The van der Waals surface area contributed by atoms with E-state index in [4.69, 9.17) is 0 Å². The summed E-state index contributed by atoms with van der Waals surface area (Å²) in [7, 11) is 4.05. The maximum Gasteiger partial charge on any atom is 0.104 e. The molecule has 0 radical (unpaired) electrons. The van der Waals surface area contributed by atoms with Crippen LogP contribution in [0.5, 0.6) is 0 Å². The normalized spacial score (nSPS) is 11.6. The molecule has 0 aliphatic carbocycles. The highest BCUT2D eigenvalue weighted by molar-refractivity contribution is 5.84. The number of nitrogens with zero attached hydrogens (tertiary/aromatic N) is 2. The Hall–Kier alpha value is -1.31. The van der Waals surface area contributed by atoms with Crippen LogP contribution in [0.2, 0.25) is 0 Å². The van der Waals surface area contributed by atoms with E-state index in [1.807, 2.05) is 14.1 Å². The van der Waals surface area contributed by atoms with Gasteiger partial charge in [0.25, 0.3) is 0 Å². The molecule has 0 fully saturated rings. The van der Waals surface area contributed by atoms with Crippen molar-refractivity contribution in [3.8, 4) is 0 Å². The van der Waals surface area contributed by atoms with Gasteiger partial charge in [-0.2, -0.15) is 0 Å². The van der Waals surface area contributed by atoms with Crippen LogP contribution in [0, 0.1) is 6.92 Å². The fourth-order valence-corrected chi connectivity index (χ4v) is 1.26. The van der Waals surface area contributed by atoms with Crippen LogP contribution in [-0.4, -0.2) is 24.8 Å². The van der Waals surface area contributed by atoms with E-state index in [1.54, 1.807) is 0 Å². The van der Waals surface area contributed by atoms with E-state index in [0.717, 1.165) is 17.9 Å². The van der Waals surface area contributed by atoms with E-state index >= 15 is 0 Å². The summed E-state index contributed by atoms with van der Waals surface area (Å²) in [6.45, 7) is 4.20. The molecule has 0 saturated heterocycles. The quantitative estimate of drug-likeness (QED) is 0.517. The third-order valence-corrected chi connectivity index (χ3v) is 2.12. The molecular formula is C12H18N2. The van der Waals surface area contributed by atoms with Crippen LogP contribution >= 0.6 is 0 Å². The molecule has 0 unspecified atom stereocenters. The van der Waals surface area contributed by atoms with Crippen LogP contribution in [0.3, 0.4) is 0 Å². The molecule has 0 heterocycles. The maximum atomic E-state index is 4.56. The molecule has 0 spiro atoms. The van der Waals surface area contributed by atoms with Crippen LogP contribution in [-0.2, 0) is 0 Å². The third kappa shape index (κ3) is 2.87. The first-order valence-corrected chi connectivity index (χ1v) is 4.95. The minimum Gasteiger partial charge on any atom is -0.366 e.